The molecule has 0 radical (unpaired) electrons. The Morgan fingerprint density at radius 1 is 1.42 bits per heavy atom. The van der Waals surface area contributed by atoms with E-state index in [1.54, 1.807) is 11.8 Å². The molecule has 0 saturated heterocycles. The van der Waals surface area contributed by atoms with Crippen LogP contribution in [0.5, 0.6) is 0 Å². The summed E-state index contributed by atoms with van der Waals surface area (Å²) in [5.74, 6) is 0.717. The Morgan fingerprint density at radius 2 is 2.11 bits per heavy atom. The summed E-state index contributed by atoms with van der Waals surface area (Å²) in [6.45, 7) is 2.03. The van der Waals surface area contributed by atoms with Crippen LogP contribution >= 0.6 is 23.4 Å². The Morgan fingerprint density at radius 3 is 2.63 bits per heavy atom. The van der Waals surface area contributed by atoms with Crippen molar-refractivity contribution < 1.29 is 8.42 Å². The molecule has 0 fully saturated rings. The molecule has 19 heavy (non-hydrogen) atoms. The van der Waals surface area contributed by atoms with Gasteiger partial charge in [-0.3, -0.25) is 0 Å². The van der Waals surface area contributed by atoms with E-state index in [4.69, 9.17) is 17.3 Å². The van der Waals surface area contributed by atoms with Gasteiger partial charge in [-0.1, -0.05) is 30.7 Å². The minimum absolute atomic E-state index is 0.0111. The molecule has 0 aromatic heterocycles. The van der Waals surface area contributed by atoms with Gasteiger partial charge in [-0.2, -0.15) is 11.8 Å². The summed E-state index contributed by atoms with van der Waals surface area (Å²) in [7, 11) is -2.93. The third-order valence-corrected chi connectivity index (χ3v) is 5.65. The number of halogens is 1. The van der Waals surface area contributed by atoms with E-state index in [2.05, 4.69) is 0 Å². The van der Waals surface area contributed by atoms with Gasteiger partial charge in [0, 0.05) is 28.3 Å². The standard InChI is InChI=1S/C13H20ClNO2S2/c1-3-12(15)13(18-7-8-19(2,16)17)10-5-4-6-11(14)9-10/h4-6,9,12-13H,3,7-8,15H2,1-2H3. The maximum Gasteiger partial charge on any atom is 0.148 e. The fourth-order valence-corrected chi connectivity index (χ4v) is 4.52. The second-order valence-corrected chi connectivity index (χ2v) is 8.49. The smallest absolute Gasteiger partial charge is 0.148 e. The lowest BCUT2D eigenvalue weighted by molar-refractivity contribution is 0.603. The van der Waals surface area contributed by atoms with Crippen LogP contribution in [0.1, 0.15) is 24.2 Å². The molecule has 0 amide bonds. The van der Waals surface area contributed by atoms with Crippen molar-refractivity contribution in [1.29, 1.82) is 0 Å². The molecule has 3 nitrogen and oxygen atoms in total. The Bertz CT molecular complexity index is 505. The van der Waals surface area contributed by atoms with E-state index < -0.39 is 9.84 Å². The molecule has 1 rings (SSSR count). The van der Waals surface area contributed by atoms with E-state index in [1.807, 2.05) is 31.2 Å². The number of benzene rings is 1. The van der Waals surface area contributed by atoms with E-state index >= 15 is 0 Å². The van der Waals surface area contributed by atoms with E-state index in [9.17, 15) is 8.42 Å². The van der Waals surface area contributed by atoms with Gasteiger partial charge in [0.05, 0.1) is 5.75 Å². The molecule has 2 unspecified atom stereocenters. The third kappa shape index (κ3) is 6.17. The van der Waals surface area contributed by atoms with Crippen molar-refractivity contribution in [3.8, 4) is 0 Å². The van der Waals surface area contributed by atoms with Crippen molar-refractivity contribution in [2.45, 2.75) is 24.6 Å². The first-order valence-corrected chi connectivity index (χ1v) is 9.62. The van der Waals surface area contributed by atoms with Gasteiger partial charge in [0.1, 0.15) is 9.84 Å². The fourth-order valence-electron chi connectivity index (χ4n) is 1.69. The van der Waals surface area contributed by atoms with Crippen LogP contribution < -0.4 is 5.73 Å². The zero-order valence-corrected chi connectivity index (χ0v) is 13.6. The first-order valence-electron chi connectivity index (χ1n) is 6.14. The monoisotopic (exact) mass is 321 g/mol. The van der Waals surface area contributed by atoms with Crippen LogP contribution in [0.15, 0.2) is 24.3 Å². The molecule has 0 aliphatic heterocycles. The van der Waals surface area contributed by atoms with Crippen LogP contribution in [-0.2, 0) is 9.84 Å². The van der Waals surface area contributed by atoms with Gasteiger partial charge in [0.15, 0.2) is 0 Å². The maximum absolute atomic E-state index is 11.2. The van der Waals surface area contributed by atoms with Gasteiger partial charge in [0.2, 0.25) is 0 Å². The second-order valence-electron chi connectivity index (χ2n) is 4.55. The normalized spacial score (nSPS) is 15.2. The number of hydrogen-bond acceptors (Lipinski definition) is 4. The Labute approximate surface area is 124 Å². The Hall–Kier alpha value is -0.230. The fraction of sp³-hybridized carbons (Fsp3) is 0.538. The van der Waals surface area contributed by atoms with Crippen LogP contribution in [0.4, 0.5) is 0 Å². The zero-order valence-electron chi connectivity index (χ0n) is 11.2. The molecule has 0 saturated carbocycles. The van der Waals surface area contributed by atoms with Crippen LogP contribution in [-0.4, -0.2) is 32.2 Å². The first kappa shape index (κ1) is 16.8. The number of sulfone groups is 1. The molecule has 6 heteroatoms. The molecule has 0 bridgehead atoms. The van der Waals surface area contributed by atoms with Gasteiger partial charge in [-0.25, -0.2) is 8.42 Å². The summed E-state index contributed by atoms with van der Waals surface area (Å²) in [6.07, 6.45) is 2.09. The average molecular weight is 322 g/mol. The lowest BCUT2D eigenvalue weighted by Gasteiger charge is -2.23. The van der Waals surface area contributed by atoms with Crippen LogP contribution in [0.3, 0.4) is 0 Å². The van der Waals surface area contributed by atoms with Gasteiger partial charge in [-0.05, 0) is 24.1 Å². The first-order chi connectivity index (χ1) is 8.83. The van der Waals surface area contributed by atoms with Crippen molar-refractivity contribution in [3.05, 3.63) is 34.9 Å². The quantitative estimate of drug-likeness (QED) is 0.839. The van der Waals surface area contributed by atoms with E-state index in [0.29, 0.717) is 10.8 Å². The Balaban J connectivity index is 2.78. The minimum Gasteiger partial charge on any atom is -0.326 e. The summed E-state index contributed by atoms with van der Waals surface area (Å²) >= 11 is 7.58. The maximum atomic E-state index is 11.2. The second kappa shape index (κ2) is 7.53. The van der Waals surface area contributed by atoms with E-state index in [1.165, 1.54) is 6.26 Å². The summed E-state index contributed by atoms with van der Waals surface area (Å²) in [5.41, 5.74) is 7.19. The van der Waals surface area contributed by atoms with Crippen molar-refractivity contribution in [1.82, 2.24) is 0 Å². The molecule has 1 aromatic rings. The molecule has 0 spiro atoms. The van der Waals surface area contributed by atoms with Gasteiger partial charge in [0.25, 0.3) is 0 Å². The molecule has 0 aliphatic carbocycles. The number of hydrogen-bond donors (Lipinski definition) is 1. The van der Waals surface area contributed by atoms with E-state index in [-0.39, 0.29) is 17.0 Å². The molecule has 2 N–H and O–H groups in total. The summed E-state index contributed by atoms with van der Waals surface area (Å²) in [5, 5.41) is 0.750. The highest BCUT2D eigenvalue weighted by Gasteiger charge is 2.19. The number of nitrogens with two attached hydrogens (primary N) is 1. The van der Waals surface area contributed by atoms with Gasteiger partial charge < -0.3 is 5.73 Å². The lowest BCUT2D eigenvalue weighted by atomic mass is 10.0. The molecule has 0 aliphatic rings. The van der Waals surface area contributed by atoms with Crippen molar-refractivity contribution in [2.24, 2.45) is 5.73 Å². The molecule has 0 heterocycles. The third-order valence-electron chi connectivity index (χ3n) is 2.79. The largest absolute Gasteiger partial charge is 0.326 e. The van der Waals surface area contributed by atoms with Gasteiger partial charge >= 0.3 is 0 Å². The average Bonchev–Trinajstić information content (AvgIpc) is 2.32. The van der Waals surface area contributed by atoms with Crippen molar-refractivity contribution in [3.63, 3.8) is 0 Å². The number of rotatable bonds is 7. The zero-order chi connectivity index (χ0) is 14.5. The Kier molecular flexibility index (Phi) is 6.66. The van der Waals surface area contributed by atoms with Crippen molar-refractivity contribution >= 4 is 33.2 Å². The topological polar surface area (TPSA) is 60.2 Å². The molecule has 1 aromatic carbocycles. The molecule has 2 atom stereocenters. The summed E-state index contributed by atoms with van der Waals surface area (Å²) < 4.78 is 22.4. The SMILES string of the molecule is CCC(N)C(SCCS(C)(=O)=O)c1cccc(Cl)c1. The van der Waals surface area contributed by atoms with Crippen LogP contribution in [0.2, 0.25) is 5.02 Å². The highest BCUT2D eigenvalue weighted by atomic mass is 35.5. The van der Waals surface area contributed by atoms with Crippen molar-refractivity contribution in [2.75, 3.05) is 17.8 Å². The summed E-state index contributed by atoms with van der Waals surface area (Å²) in [6, 6.07) is 7.59. The van der Waals surface area contributed by atoms with E-state index in [0.717, 1.165) is 12.0 Å². The molecular weight excluding hydrogens is 302 g/mol. The lowest BCUT2D eigenvalue weighted by Crippen LogP contribution is -2.26. The minimum atomic E-state index is -2.93. The predicted molar refractivity (Wildman–Crippen MR) is 84.6 cm³/mol. The number of thioether (sulfide) groups is 1. The highest BCUT2D eigenvalue weighted by molar-refractivity contribution is 8.00. The summed E-state index contributed by atoms with van der Waals surface area (Å²) in [4.78, 5) is 0. The molecule has 108 valence electrons. The van der Waals surface area contributed by atoms with Gasteiger partial charge in [-0.15, -0.1) is 0 Å². The van der Waals surface area contributed by atoms with Crippen LogP contribution in [0, 0.1) is 0 Å². The highest BCUT2D eigenvalue weighted by Crippen LogP contribution is 2.33. The molecular formula is C13H20ClNO2S2. The predicted octanol–water partition coefficient (Wildman–Crippen LogP) is 2.90. The van der Waals surface area contributed by atoms with Crippen LogP contribution in [0.25, 0.3) is 0 Å².